The normalized spacial score (nSPS) is 10.8. The van der Waals surface area contributed by atoms with Crippen LogP contribution in [0.15, 0.2) is 42.7 Å². The van der Waals surface area contributed by atoms with Crippen LogP contribution in [0.3, 0.4) is 0 Å². The number of fused-ring (bicyclic) bond motifs is 1. The Morgan fingerprint density at radius 3 is 2.88 bits per heavy atom. The maximum atomic E-state index is 12.3. The van der Waals surface area contributed by atoms with Gasteiger partial charge in [0.25, 0.3) is 11.6 Å². The van der Waals surface area contributed by atoms with Gasteiger partial charge in [0.05, 0.1) is 27.7 Å². The van der Waals surface area contributed by atoms with E-state index in [0.29, 0.717) is 19.9 Å². The van der Waals surface area contributed by atoms with E-state index in [2.05, 4.69) is 10.3 Å². The molecule has 0 aliphatic rings. The molecule has 2 heterocycles. The van der Waals surface area contributed by atoms with Gasteiger partial charge in [0.15, 0.2) is 0 Å². The number of pyridine rings is 1. The van der Waals surface area contributed by atoms with Gasteiger partial charge in [0.2, 0.25) is 0 Å². The summed E-state index contributed by atoms with van der Waals surface area (Å²) in [6.45, 7) is 0.205. The van der Waals surface area contributed by atoms with Crippen LogP contribution in [-0.4, -0.2) is 20.2 Å². The van der Waals surface area contributed by atoms with Crippen molar-refractivity contribution in [1.29, 1.82) is 0 Å². The van der Waals surface area contributed by atoms with Gasteiger partial charge in [-0.25, -0.2) is 4.98 Å². The number of carbonyl (C=O) groups excluding carboxylic acids is 1. The van der Waals surface area contributed by atoms with Crippen LogP contribution in [0.5, 0.6) is 0 Å². The Morgan fingerprint density at radius 2 is 2.12 bits per heavy atom. The van der Waals surface area contributed by atoms with E-state index in [1.165, 1.54) is 12.1 Å². The van der Waals surface area contributed by atoms with Crippen molar-refractivity contribution in [3.63, 3.8) is 0 Å². The number of hydrogen-bond acceptors (Lipinski definition) is 4. The molecule has 0 aliphatic carbocycles. The summed E-state index contributed by atoms with van der Waals surface area (Å²) in [5, 5.41) is 14.1. The monoisotopic (exact) mass is 456 g/mol. The molecule has 24 heavy (non-hydrogen) atoms. The van der Waals surface area contributed by atoms with Crippen molar-refractivity contribution in [2.45, 2.75) is 6.54 Å². The number of carbonyl (C=O) groups is 1. The minimum Gasteiger partial charge on any atom is -0.346 e. The molecular weight excluding hydrogens is 447 g/mol. The molecule has 0 aliphatic heterocycles. The molecule has 0 spiro atoms. The topological polar surface area (TPSA) is 89.5 Å². The molecule has 0 radical (unpaired) electrons. The molecule has 122 valence electrons. The number of non-ortho nitro benzene ring substituents is 1. The zero-order valence-electron chi connectivity index (χ0n) is 12.1. The second-order valence-corrected chi connectivity index (χ2v) is 6.55. The number of imidazole rings is 1. The Labute approximate surface area is 154 Å². The SMILES string of the molecule is O=C(NCc1cn2cc(Cl)ccc2n1)c1cc([N+](=O)[O-])ccc1I. The van der Waals surface area contributed by atoms with Gasteiger partial charge in [-0.05, 0) is 40.8 Å². The summed E-state index contributed by atoms with van der Waals surface area (Å²) in [6.07, 6.45) is 3.48. The molecule has 0 fully saturated rings. The van der Waals surface area contributed by atoms with Crippen LogP contribution in [0.25, 0.3) is 5.65 Å². The Morgan fingerprint density at radius 1 is 1.33 bits per heavy atom. The number of benzene rings is 1. The van der Waals surface area contributed by atoms with E-state index >= 15 is 0 Å². The molecule has 0 saturated carbocycles. The Balaban J connectivity index is 1.77. The molecule has 1 aromatic carbocycles. The minimum absolute atomic E-state index is 0.122. The average molecular weight is 457 g/mol. The van der Waals surface area contributed by atoms with E-state index in [9.17, 15) is 14.9 Å². The summed E-state index contributed by atoms with van der Waals surface area (Å²) in [4.78, 5) is 27.0. The summed E-state index contributed by atoms with van der Waals surface area (Å²) in [5.41, 5.74) is 1.51. The van der Waals surface area contributed by atoms with Gasteiger partial charge in [-0.3, -0.25) is 14.9 Å². The molecule has 3 rings (SSSR count). The summed E-state index contributed by atoms with van der Waals surface area (Å²) in [7, 11) is 0. The minimum atomic E-state index is -0.529. The third-order valence-corrected chi connectivity index (χ3v) is 4.46. The number of halogens is 2. The molecule has 2 aromatic heterocycles. The molecule has 7 nitrogen and oxygen atoms in total. The predicted octanol–water partition coefficient (Wildman–Crippen LogP) is 3.43. The molecule has 0 saturated heterocycles. The van der Waals surface area contributed by atoms with E-state index in [1.54, 1.807) is 35.0 Å². The fourth-order valence-electron chi connectivity index (χ4n) is 2.17. The first-order valence-corrected chi connectivity index (χ1v) is 8.25. The second kappa shape index (κ2) is 6.73. The van der Waals surface area contributed by atoms with Gasteiger partial charge >= 0.3 is 0 Å². The van der Waals surface area contributed by atoms with Crippen molar-refractivity contribution >= 4 is 51.4 Å². The van der Waals surface area contributed by atoms with Gasteiger partial charge in [-0.15, -0.1) is 0 Å². The Kier molecular flexibility index (Phi) is 4.67. The molecule has 0 atom stereocenters. The highest BCUT2D eigenvalue weighted by atomic mass is 127. The maximum Gasteiger partial charge on any atom is 0.270 e. The van der Waals surface area contributed by atoms with Gasteiger partial charge in [-0.1, -0.05) is 11.6 Å². The van der Waals surface area contributed by atoms with Crippen LogP contribution >= 0.6 is 34.2 Å². The quantitative estimate of drug-likeness (QED) is 0.370. The standard InChI is InChI=1S/C15H10ClIN4O3/c16-9-1-4-14-19-10(8-20(14)7-9)6-18-15(22)12-5-11(21(23)24)2-3-13(12)17/h1-5,7-8H,6H2,(H,18,22). The van der Waals surface area contributed by atoms with Crippen LogP contribution in [0.4, 0.5) is 5.69 Å². The highest BCUT2D eigenvalue weighted by Crippen LogP contribution is 2.19. The lowest BCUT2D eigenvalue weighted by Gasteiger charge is -2.05. The lowest BCUT2D eigenvalue weighted by Crippen LogP contribution is -2.24. The van der Waals surface area contributed by atoms with Gasteiger partial charge in [0, 0.05) is 28.1 Å². The number of nitro benzene ring substituents is 1. The van der Waals surface area contributed by atoms with E-state index in [-0.39, 0.29) is 17.8 Å². The van der Waals surface area contributed by atoms with E-state index in [4.69, 9.17) is 11.6 Å². The van der Waals surface area contributed by atoms with Crippen LogP contribution in [-0.2, 0) is 6.54 Å². The molecule has 0 unspecified atom stereocenters. The van der Waals surface area contributed by atoms with Crippen LogP contribution in [0, 0.1) is 13.7 Å². The van der Waals surface area contributed by atoms with Crippen molar-refractivity contribution in [3.05, 3.63) is 72.7 Å². The lowest BCUT2D eigenvalue weighted by atomic mass is 10.2. The summed E-state index contributed by atoms with van der Waals surface area (Å²) in [6, 6.07) is 7.68. The molecule has 1 amide bonds. The number of hydrogen-bond donors (Lipinski definition) is 1. The number of nitrogens with one attached hydrogen (secondary N) is 1. The lowest BCUT2D eigenvalue weighted by molar-refractivity contribution is -0.384. The third-order valence-electron chi connectivity index (χ3n) is 3.30. The smallest absolute Gasteiger partial charge is 0.270 e. The number of amides is 1. The Bertz CT molecular complexity index is 957. The first kappa shape index (κ1) is 16.7. The largest absolute Gasteiger partial charge is 0.346 e. The molecule has 1 N–H and O–H groups in total. The van der Waals surface area contributed by atoms with Crippen LogP contribution in [0.1, 0.15) is 16.1 Å². The van der Waals surface area contributed by atoms with Crippen molar-refractivity contribution in [3.8, 4) is 0 Å². The van der Waals surface area contributed by atoms with E-state index < -0.39 is 10.8 Å². The van der Waals surface area contributed by atoms with Crippen molar-refractivity contribution in [1.82, 2.24) is 14.7 Å². The van der Waals surface area contributed by atoms with Crippen molar-refractivity contribution in [2.24, 2.45) is 0 Å². The van der Waals surface area contributed by atoms with Gasteiger partial charge in [0.1, 0.15) is 5.65 Å². The summed E-state index contributed by atoms with van der Waals surface area (Å²) >= 11 is 7.89. The summed E-state index contributed by atoms with van der Waals surface area (Å²) < 4.78 is 2.40. The fourth-order valence-corrected chi connectivity index (χ4v) is 2.92. The second-order valence-electron chi connectivity index (χ2n) is 4.95. The number of rotatable bonds is 4. The summed E-state index contributed by atoms with van der Waals surface area (Å²) in [5.74, 6) is -0.391. The zero-order chi connectivity index (χ0) is 17.3. The van der Waals surface area contributed by atoms with Gasteiger partial charge in [-0.2, -0.15) is 0 Å². The third kappa shape index (κ3) is 3.49. The van der Waals surface area contributed by atoms with E-state index in [0.717, 1.165) is 0 Å². The predicted molar refractivity (Wildman–Crippen MR) is 97.2 cm³/mol. The average Bonchev–Trinajstić information content (AvgIpc) is 2.94. The number of nitro groups is 1. The number of nitrogens with zero attached hydrogens (tertiary/aromatic N) is 3. The zero-order valence-corrected chi connectivity index (χ0v) is 15.0. The molecule has 9 heteroatoms. The highest BCUT2D eigenvalue weighted by Gasteiger charge is 2.15. The highest BCUT2D eigenvalue weighted by molar-refractivity contribution is 14.1. The molecule has 0 bridgehead atoms. The molecular formula is C15H10ClIN4O3. The van der Waals surface area contributed by atoms with E-state index in [1.807, 2.05) is 22.6 Å². The first-order valence-electron chi connectivity index (χ1n) is 6.79. The van der Waals surface area contributed by atoms with Gasteiger partial charge < -0.3 is 9.72 Å². The molecule has 3 aromatic rings. The number of aromatic nitrogens is 2. The Hall–Kier alpha value is -2.20. The maximum absolute atomic E-state index is 12.3. The first-order chi connectivity index (χ1) is 11.4. The van der Waals surface area contributed by atoms with Crippen molar-refractivity contribution < 1.29 is 9.72 Å². The van der Waals surface area contributed by atoms with Crippen molar-refractivity contribution in [2.75, 3.05) is 0 Å². The fraction of sp³-hybridized carbons (Fsp3) is 0.0667. The van der Waals surface area contributed by atoms with Crippen LogP contribution in [0.2, 0.25) is 5.02 Å². The van der Waals surface area contributed by atoms with Crippen LogP contribution < -0.4 is 5.32 Å².